The number of nitrogens with two attached hydrogens (primary N) is 1. The first kappa shape index (κ1) is 12.7. The summed E-state index contributed by atoms with van der Waals surface area (Å²) in [5, 5.41) is 3.29. The number of aromatic nitrogens is 2. The predicted molar refractivity (Wildman–Crippen MR) is 73.9 cm³/mol. The van der Waals surface area contributed by atoms with E-state index in [4.69, 9.17) is 10.5 Å². The standard InChI is InChI=1S/C14H15FN4O/c1-14(2)11(8-3-5-9(15)6-4-8)19-10-12(16)17-7-18-13(10)20-14/h3-7,11,19H,1-2H3,(H2,16,17,18). The summed E-state index contributed by atoms with van der Waals surface area (Å²) in [4.78, 5) is 8.03. The molecule has 0 bridgehead atoms. The maximum atomic E-state index is 13.1. The second-order valence-electron chi connectivity index (χ2n) is 5.27. The number of rotatable bonds is 1. The van der Waals surface area contributed by atoms with Crippen molar-refractivity contribution in [1.29, 1.82) is 0 Å². The Morgan fingerprint density at radius 3 is 2.65 bits per heavy atom. The lowest BCUT2D eigenvalue weighted by Gasteiger charge is -2.40. The van der Waals surface area contributed by atoms with Crippen LogP contribution in [-0.4, -0.2) is 15.6 Å². The Morgan fingerprint density at radius 1 is 1.25 bits per heavy atom. The van der Waals surface area contributed by atoms with Crippen molar-refractivity contribution in [2.24, 2.45) is 0 Å². The third-order valence-corrected chi connectivity index (χ3v) is 3.39. The molecule has 0 radical (unpaired) electrons. The highest BCUT2D eigenvalue weighted by Crippen LogP contribution is 2.42. The van der Waals surface area contributed by atoms with E-state index < -0.39 is 5.60 Å². The van der Waals surface area contributed by atoms with Crippen molar-refractivity contribution in [3.8, 4) is 5.88 Å². The summed E-state index contributed by atoms with van der Waals surface area (Å²) in [6.07, 6.45) is 1.37. The van der Waals surface area contributed by atoms with Crippen LogP contribution < -0.4 is 15.8 Å². The van der Waals surface area contributed by atoms with Gasteiger partial charge in [0.2, 0.25) is 5.88 Å². The number of fused-ring (bicyclic) bond motifs is 1. The maximum Gasteiger partial charge on any atom is 0.243 e. The number of halogens is 1. The summed E-state index contributed by atoms with van der Waals surface area (Å²) < 4.78 is 19.0. The Hall–Kier alpha value is -2.37. The van der Waals surface area contributed by atoms with E-state index >= 15 is 0 Å². The zero-order valence-electron chi connectivity index (χ0n) is 11.2. The summed E-state index contributed by atoms with van der Waals surface area (Å²) in [5.41, 5.74) is 6.77. The summed E-state index contributed by atoms with van der Waals surface area (Å²) in [6.45, 7) is 3.88. The number of hydrogen-bond donors (Lipinski definition) is 2. The molecule has 104 valence electrons. The summed E-state index contributed by atoms with van der Waals surface area (Å²) in [7, 11) is 0. The van der Waals surface area contributed by atoms with Crippen LogP contribution in [0.3, 0.4) is 0 Å². The van der Waals surface area contributed by atoms with Crippen LogP contribution in [0.4, 0.5) is 15.9 Å². The molecule has 5 nitrogen and oxygen atoms in total. The molecule has 0 amide bonds. The van der Waals surface area contributed by atoms with E-state index in [-0.39, 0.29) is 11.9 Å². The number of nitrogens with one attached hydrogen (secondary N) is 1. The zero-order valence-corrected chi connectivity index (χ0v) is 11.2. The summed E-state index contributed by atoms with van der Waals surface area (Å²) in [6, 6.07) is 6.12. The molecular formula is C14H15FN4O. The van der Waals surface area contributed by atoms with Gasteiger partial charge in [0.05, 0.1) is 6.04 Å². The van der Waals surface area contributed by atoms with Crippen LogP contribution >= 0.6 is 0 Å². The monoisotopic (exact) mass is 274 g/mol. The lowest BCUT2D eigenvalue weighted by Crippen LogP contribution is -2.44. The number of anilines is 2. The Morgan fingerprint density at radius 2 is 1.95 bits per heavy atom. The second-order valence-corrected chi connectivity index (χ2v) is 5.27. The number of nitrogen functional groups attached to an aromatic ring is 1. The van der Waals surface area contributed by atoms with E-state index in [2.05, 4.69) is 15.3 Å². The molecule has 0 saturated heterocycles. The highest BCUT2D eigenvalue weighted by Gasteiger charge is 2.39. The highest BCUT2D eigenvalue weighted by atomic mass is 19.1. The fourth-order valence-corrected chi connectivity index (χ4v) is 2.36. The quantitative estimate of drug-likeness (QED) is 0.836. The van der Waals surface area contributed by atoms with Crippen molar-refractivity contribution in [2.75, 3.05) is 11.1 Å². The van der Waals surface area contributed by atoms with Crippen LogP contribution in [0.2, 0.25) is 0 Å². The van der Waals surface area contributed by atoms with E-state index in [9.17, 15) is 4.39 Å². The number of ether oxygens (including phenoxy) is 1. The van der Waals surface area contributed by atoms with Gasteiger partial charge in [0.25, 0.3) is 0 Å². The van der Waals surface area contributed by atoms with Gasteiger partial charge in [-0.05, 0) is 31.5 Å². The molecule has 2 heterocycles. The minimum Gasteiger partial charge on any atom is -0.467 e. The molecule has 0 spiro atoms. The minimum absolute atomic E-state index is 0.177. The Balaban J connectivity index is 2.04. The van der Waals surface area contributed by atoms with E-state index in [0.29, 0.717) is 17.4 Å². The molecule has 1 unspecified atom stereocenters. The van der Waals surface area contributed by atoms with Crippen molar-refractivity contribution < 1.29 is 9.13 Å². The largest absolute Gasteiger partial charge is 0.467 e. The molecule has 0 fully saturated rings. The van der Waals surface area contributed by atoms with Gasteiger partial charge in [0.15, 0.2) is 5.82 Å². The van der Waals surface area contributed by atoms with Gasteiger partial charge in [0, 0.05) is 0 Å². The van der Waals surface area contributed by atoms with Gasteiger partial charge in [0.1, 0.15) is 23.4 Å². The van der Waals surface area contributed by atoms with Gasteiger partial charge >= 0.3 is 0 Å². The van der Waals surface area contributed by atoms with Crippen LogP contribution in [0.5, 0.6) is 5.88 Å². The van der Waals surface area contributed by atoms with Crippen LogP contribution in [0.1, 0.15) is 25.5 Å². The molecule has 1 aliphatic heterocycles. The van der Waals surface area contributed by atoms with E-state index in [1.54, 1.807) is 12.1 Å². The molecule has 20 heavy (non-hydrogen) atoms. The average molecular weight is 274 g/mol. The zero-order chi connectivity index (χ0) is 14.3. The number of nitrogens with zero attached hydrogens (tertiary/aromatic N) is 2. The fraction of sp³-hybridized carbons (Fsp3) is 0.286. The van der Waals surface area contributed by atoms with Gasteiger partial charge in [-0.1, -0.05) is 12.1 Å². The maximum absolute atomic E-state index is 13.1. The van der Waals surface area contributed by atoms with Crippen LogP contribution in [0.15, 0.2) is 30.6 Å². The second kappa shape index (κ2) is 4.33. The molecule has 2 aromatic rings. The summed E-state index contributed by atoms with van der Waals surface area (Å²) in [5.74, 6) is 0.491. The molecule has 0 saturated carbocycles. The molecule has 1 atom stereocenters. The van der Waals surface area contributed by atoms with Crippen molar-refractivity contribution in [2.45, 2.75) is 25.5 Å². The fourth-order valence-electron chi connectivity index (χ4n) is 2.36. The normalized spacial score (nSPS) is 19.6. The van der Waals surface area contributed by atoms with Crippen molar-refractivity contribution in [3.63, 3.8) is 0 Å². The average Bonchev–Trinajstić information content (AvgIpc) is 2.39. The van der Waals surface area contributed by atoms with E-state index in [0.717, 1.165) is 5.56 Å². The number of hydrogen-bond acceptors (Lipinski definition) is 5. The molecule has 1 aliphatic rings. The molecule has 0 aliphatic carbocycles. The molecule has 3 rings (SSSR count). The Kier molecular flexibility index (Phi) is 2.74. The van der Waals surface area contributed by atoms with Gasteiger partial charge in [-0.2, -0.15) is 4.98 Å². The van der Waals surface area contributed by atoms with Gasteiger partial charge in [-0.15, -0.1) is 0 Å². The topological polar surface area (TPSA) is 73.1 Å². The Labute approximate surface area is 116 Å². The molecule has 1 aromatic carbocycles. The molecule has 1 aromatic heterocycles. The van der Waals surface area contributed by atoms with Crippen molar-refractivity contribution in [1.82, 2.24) is 9.97 Å². The summed E-state index contributed by atoms with van der Waals surface area (Å²) >= 11 is 0. The van der Waals surface area contributed by atoms with Crippen LogP contribution in [0.25, 0.3) is 0 Å². The lowest BCUT2D eigenvalue weighted by atomic mass is 9.90. The Bertz CT molecular complexity index is 642. The third-order valence-electron chi connectivity index (χ3n) is 3.39. The molecule has 6 heteroatoms. The van der Waals surface area contributed by atoms with E-state index in [1.807, 2.05) is 13.8 Å². The first-order valence-corrected chi connectivity index (χ1v) is 6.29. The van der Waals surface area contributed by atoms with Crippen molar-refractivity contribution in [3.05, 3.63) is 42.0 Å². The van der Waals surface area contributed by atoms with E-state index in [1.165, 1.54) is 18.5 Å². The number of benzene rings is 1. The van der Waals surface area contributed by atoms with Gasteiger partial charge < -0.3 is 15.8 Å². The highest BCUT2D eigenvalue weighted by molar-refractivity contribution is 5.69. The molecule has 3 N–H and O–H groups in total. The van der Waals surface area contributed by atoms with Crippen LogP contribution in [-0.2, 0) is 0 Å². The van der Waals surface area contributed by atoms with Gasteiger partial charge in [-0.25, -0.2) is 9.37 Å². The minimum atomic E-state index is -0.550. The van der Waals surface area contributed by atoms with Gasteiger partial charge in [-0.3, -0.25) is 0 Å². The smallest absolute Gasteiger partial charge is 0.243 e. The lowest BCUT2D eigenvalue weighted by molar-refractivity contribution is 0.0722. The SMILES string of the molecule is CC1(C)Oc2ncnc(N)c2NC1c1ccc(F)cc1. The first-order valence-electron chi connectivity index (χ1n) is 6.29. The first-order chi connectivity index (χ1) is 9.47. The predicted octanol–water partition coefficient (Wildman–Crippen LogP) is 2.52. The molecular weight excluding hydrogens is 259 g/mol. The van der Waals surface area contributed by atoms with Crippen molar-refractivity contribution >= 4 is 11.5 Å². The van der Waals surface area contributed by atoms with Crippen LogP contribution in [0, 0.1) is 5.82 Å². The third kappa shape index (κ3) is 2.03.